The third-order valence-corrected chi connectivity index (χ3v) is 3.85. The number of anilines is 1. The zero-order chi connectivity index (χ0) is 17.3. The molecule has 2 N–H and O–H groups in total. The maximum atomic E-state index is 12.2. The van der Waals surface area contributed by atoms with E-state index in [-0.39, 0.29) is 0 Å². The van der Waals surface area contributed by atoms with Crippen molar-refractivity contribution in [3.05, 3.63) is 24.3 Å². The smallest absolute Gasteiger partial charge is 0.494 e. The molecule has 2 aliphatic heterocycles. The normalized spacial score (nSPS) is 20.0. The number of carbonyl (C=O) groups excluding carboxylic acids is 3. The van der Waals surface area contributed by atoms with E-state index in [1.165, 1.54) is 4.90 Å². The molecule has 2 aliphatic rings. The van der Waals surface area contributed by atoms with E-state index < -0.39 is 30.6 Å². The van der Waals surface area contributed by atoms with Crippen molar-refractivity contribution < 1.29 is 23.8 Å². The molecule has 24 heavy (non-hydrogen) atoms. The Kier molecular flexibility index (Phi) is 4.15. The summed E-state index contributed by atoms with van der Waals surface area (Å²) in [4.78, 5) is 38.5. The van der Waals surface area contributed by atoms with E-state index in [1.807, 2.05) is 36.1 Å². The van der Waals surface area contributed by atoms with Crippen molar-refractivity contribution in [2.45, 2.75) is 13.2 Å². The number of ether oxygens (including phenoxy) is 1. The Morgan fingerprint density at radius 2 is 1.96 bits per heavy atom. The SMILES string of the molecule is CCOc1ccc(N2CCN3C(=O)C(=O)[N+](CC(N)=O)=NC32)cc1. The summed E-state index contributed by atoms with van der Waals surface area (Å²) >= 11 is 0. The van der Waals surface area contributed by atoms with Crippen LogP contribution in [0.15, 0.2) is 29.4 Å². The van der Waals surface area contributed by atoms with Gasteiger partial charge in [0.25, 0.3) is 18.7 Å². The Balaban J connectivity index is 1.88. The van der Waals surface area contributed by atoms with Crippen molar-refractivity contribution in [2.24, 2.45) is 10.8 Å². The van der Waals surface area contributed by atoms with Gasteiger partial charge >= 0.3 is 11.8 Å². The summed E-state index contributed by atoms with van der Waals surface area (Å²) in [6.45, 7) is 2.99. The summed E-state index contributed by atoms with van der Waals surface area (Å²) in [5.41, 5.74) is 5.96. The topological polar surface area (TPSA) is 108 Å². The number of nitrogens with zero attached hydrogens (tertiary/aromatic N) is 4. The Morgan fingerprint density at radius 3 is 2.58 bits per heavy atom. The molecule has 9 nitrogen and oxygen atoms in total. The van der Waals surface area contributed by atoms with E-state index in [2.05, 4.69) is 5.11 Å². The molecule has 1 aromatic rings. The summed E-state index contributed by atoms with van der Waals surface area (Å²) in [7, 11) is 0. The Bertz CT molecular complexity index is 715. The molecule has 0 aliphatic carbocycles. The first-order chi connectivity index (χ1) is 11.5. The van der Waals surface area contributed by atoms with Crippen molar-refractivity contribution in [3.63, 3.8) is 0 Å². The fourth-order valence-corrected chi connectivity index (χ4v) is 2.78. The summed E-state index contributed by atoms with van der Waals surface area (Å²) in [5.74, 6) is -1.48. The lowest BCUT2D eigenvalue weighted by Gasteiger charge is -2.26. The number of hydrogen-bond donors (Lipinski definition) is 1. The van der Waals surface area contributed by atoms with Crippen molar-refractivity contribution in [1.29, 1.82) is 0 Å². The average molecular weight is 332 g/mol. The van der Waals surface area contributed by atoms with Crippen LogP contribution in [-0.4, -0.2) is 59.8 Å². The van der Waals surface area contributed by atoms with Gasteiger partial charge < -0.3 is 15.4 Å². The van der Waals surface area contributed by atoms with Gasteiger partial charge in [0, 0.05) is 23.9 Å². The van der Waals surface area contributed by atoms with Crippen LogP contribution in [0.25, 0.3) is 0 Å². The number of nitrogens with two attached hydrogens (primary N) is 1. The van der Waals surface area contributed by atoms with E-state index in [9.17, 15) is 14.4 Å². The van der Waals surface area contributed by atoms with E-state index in [1.54, 1.807) is 0 Å². The first kappa shape index (κ1) is 15.9. The lowest BCUT2D eigenvalue weighted by Crippen LogP contribution is -2.53. The molecule has 0 spiro atoms. The highest BCUT2D eigenvalue weighted by Crippen LogP contribution is 2.28. The fraction of sp³-hybridized carbons (Fsp3) is 0.400. The van der Waals surface area contributed by atoms with Gasteiger partial charge in [-0.2, -0.15) is 0 Å². The van der Waals surface area contributed by atoms with Gasteiger partial charge in [0.1, 0.15) is 5.75 Å². The van der Waals surface area contributed by atoms with Gasteiger partial charge in [-0.05, 0) is 35.9 Å². The van der Waals surface area contributed by atoms with Gasteiger partial charge in [-0.3, -0.25) is 14.5 Å². The maximum Gasteiger partial charge on any atom is 0.502 e. The number of benzene rings is 1. The highest BCUT2D eigenvalue weighted by molar-refractivity contribution is 6.31. The third-order valence-electron chi connectivity index (χ3n) is 3.85. The molecule has 2 heterocycles. The van der Waals surface area contributed by atoms with Crippen LogP contribution in [0.2, 0.25) is 0 Å². The highest BCUT2D eigenvalue weighted by Gasteiger charge is 2.49. The number of carbonyl (C=O) groups is 3. The van der Waals surface area contributed by atoms with Crippen molar-refractivity contribution in [3.8, 4) is 5.75 Å². The second kappa shape index (κ2) is 6.26. The van der Waals surface area contributed by atoms with E-state index in [4.69, 9.17) is 10.5 Å². The van der Waals surface area contributed by atoms with Gasteiger partial charge in [0.05, 0.1) is 6.61 Å². The molecule has 1 atom stereocenters. The van der Waals surface area contributed by atoms with Crippen LogP contribution in [0.5, 0.6) is 5.75 Å². The molecule has 3 rings (SSSR count). The van der Waals surface area contributed by atoms with Crippen LogP contribution >= 0.6 is 0 Å². The van der Waals surface area contributed by atoms with Crippen LogP contribution in [0, 0.1) is 0 Å². The van der Waals surface area contributed by atoms with Gasteiger partial charge in [-0.1, -0.05) is 0 Å². The minimum atomic E-state index is -0.835. The van der Waals surface area contributed by atoms with Gasteiger partial charge in [-0.25, -0.2) is 4.79 Å². The predicted octanol–water partition coefficient (Wildman–Crippen LogP) is -0.492. The standard InChI is InChI=1S/C15H17N5O4/c1-2-24-11-5-3-10(4-6-11)18-7-8-19-13(22)14(23)20(9-12(16)21)17-15(18)19/h3-6,15H,2,7-9H2,1H3,(H-,16,21)/p+1. The number of primary amides is 1. The number of rotatable bonds is 5. The Labute approximate surface area is 138 Å². The van der Waals surface area contributed by atoms with E-state index >= 15 is 0 Å². The molecule has 1 fully saturated rings. The highest BCUT2D eigenvalue weighted by atomic mass is 16.5. The minimum Gasteiger partial charge on any atom is -0.494 e. The van der Waals surface area contributed by atoms with Crippen molar-refractivity contribution in [2.75, 3.05) is 31.1 Å². The number of azo groups is 2. The molecule has 0 radical (unpaired) electrons. The quantitative estimate of drug-likeness (QED) is 0.578. The third kappa shape index (κ3) is 2.80. The molecule has 1 aromatic carbocycles. The molecule has 3 amide bonds. The summed E-state index contributed by atoms with van der Waals surface area (Å²) in [6.07, 6.45) is -0.660. The summed E-state index contributed by atoms with van der Waals surface area (Å²) < 4.78 is 6.26. The molecule has 0 aromatic heterocycles. The zero-order valence-electron chi connectivity index (χ0n) is 13.2. The molecular formula is C15H18N5O4+. The van der Waals surface area contributed by atoms with Crippen LogP contribution < -0.4 is 15.4 Å². The molecule has 0 bridgehead atoms. The largest absolute Gasteiger partial charge is 0.502 e. The summed E-state index contributed by atoms with van der Waals surface area (Å²) in [5, 5.41) is 4.21. The zero-order valence-corrected chi connectivity index (χ0v) is 13.2. The second-order valence-electron chi connectivity index (χ2n) is 5.41. The monoisotopic (exact) mass is 332 g/mol. The summed E-state index contributed by atoms with van der Waals surface area (Å²) in [6, 6.07) is 7.39. The predicted molar refractivity (Wildman–Crippen MR) is 82.2 cm³/mol. The van der Waals surface area contributed by atoms with Crippen molar-refractivity contribution >= 4 is 23.4 Å². The van der Waals surface area contributed by atoms with Gasteiger partial charge in [0.2, 0.25) is 0 Å². The van der Waals surface area contributed by atoms with Gasteiger partial charge in [0.15, 0.2) is 0 Å². The lowest BCUT2D eigenvalue weighted by atomic mass is 10.3. The van der Waals surface area contributed by atoms with E-state index in [0.29, 0.717) is 19.7 Å². The van der Waals surface area contributed by atoms with Crippen molar-refractivity contribution in [1.82, 2.24) is 4.90 Å². The molecule has 1 saturated heterocycles. The Hall–Kier alpha value is -2.97. The van der Waals surface area contributed by atoms with Crippen LogP contribution in [0.3, 0.4) is 0 Å². The molecule has 9 heteroatoms. The van der Waals surface area contributed by atoms with Crippen LogP contribution in [0.1, 0.15) is 6.92 Å². The second-order valence-corrected chi connectivity index (χ2v) is 5.41. The lowest BCUT2D eigenvalue weighted by molar-refractivity contribution is -0.509. The van der Waals surface area contributed by atoms with Crippen LogP contribution in [-0.2, 0) is 14.4 Å². The van der Waals surface area contributed by atoms with Gasteiger partial charge in [-0.15, -0.1) is 0 Å². The molecular weight excluding hydrogens is 314 g/mol. The van der Waals surface area contributed by atoms with Crippen LogP contribution in [0.4, 0.5) is 5.69 Å². The number of fused-ring (bicyclic) bond motifs is 1. The average Bonchev–Trinajstić information content (AvgIpc) is 2.97. The number of amides is 3. The number of hydrogen-bond acceptors (Lipinski definition) is 6. The Morgan fingerprint density at radius 1 is 1.29 bits per heavy atom. The molecule has 0 saturated carbocycles. The maximum absolute atomic E-state index is 12.2. The molecule has 1 unspecified atom stereocenters. The fourth-order valence-electron chi connectivity index (χ4n) is 2.78. The van der Waals surface area contributed by atoms with E-state index in [0.717, 1.165) is 16.1 Å². The minimum absolute atomic E-state index is 0.385. The molecule has 126 valence electrons. The first-order valence-electron chi connectivity index (χ1n) is 7.62. The first-order valence-corrected chi connectivity index (χ1v) is 7.62.